The van der Waals surface area contributed by atoms with Gasteiger partial charge in [-0.3, -0.25) is 0 Å². The van der Waals surface area contributed by atoms with E-state index in [1.807, 2.05) is 18.3 Å². The van der Waals surface area contributed by atoms with E-state index in [1.54, 1.807) is 21.3 Å². The molecule has 1 aliphatic rings. The SMILES string of the molecule is COc1cc(-c2ncc(C3CC3)[nH]2)cc(OC)c1OC. The van der Waals surface area contributed by atoms with Crippen molar-refractivity contribution in [1.82, 2.24) is 9.97 Å². The Labute approximate surface area is 117 Å². The fourth-order valence-corrected chi connectivity index (χ4v) is 2.30. The van der Waals surface area contributed by atoms with Crippen molar-refractivity contribution in [2.75, 3.05) is 21.3 Å². The average molecular weight is 274 g/mol. The molecule has 1 heterocycles. The third-order valence-electron chi connectivity index (χ3n) is 3.55. The van der Waals surface area contributed by atoms with E-state index in [2.05, 4.69) is 9.97 Å². The molecule has 0 unspecified atom stereocenters. The minimum absolute atomic E-state index is 0.590. The second-order valence-corrected chi connectivity index (χ2v) is 4.88. The molecule has 0 aliphatic heterocycles. The molecule has 1 aromatic heterocycles. The van der Waals surface area contributed by atoms with Crippen molar-refractivity contribution < 1.29 is 14.2 Å². The Morgan fingerprint density at radius 1 is 1.05 bits per heavy atom. The first kappa shape index (κ1) is 12.8. The number of methoxy groups -OCH3 is 3. The van der Waals surface area contributed by atoms with Gasteiger partial charge in [0.25, 0.3) is 0 Å². The highest BCUT2D eigenvalue weighted by Gasteiger charge is 2.26. The molecule has 106 valence electrons. The lowest BCUT2D eigenvalue weighted by molar-refractivity contribution is 0.324. The Kier molecular flexibility index (Phi) is 3.26. The maximum atomic E-state index is 5.36. The van der Waals surface area contributed by atoms with Crippen LogP contribution in [-0.4, -0.2) is 31.3 Å². The second kappa shape index (κ2) is 5.07. The highest BCUT2D eigenvalue weighted by atomic mass is 16.5. The molecule has 0 radical (unpaired) electrons. The molecule has 0 spiro atoms. The molecule has 1 saturated carbocycles. The number of nitrogens with zero attached hydrogens (tertiary/aromatic N) is 1. The monoisotopic (exact) mass is 274 g/mol. The number of nitrogens with one attached hydrogen (secondary N) is 1. The van der Waals surface area contributed by atoms with Crippen LogP contribution in [-0.2, 0) is 0 Å². The summed E-state index contributed by atoms with van der Waals surface area (Å²) < 4.78 is 16.0. The fourth-order valence-electron chi connectivity index (χ4n) is 2.30. The van der Waals surface area contributed by atoms with Gasteiger partial charge in [-0.2, -0.15) is 0 Å². The summed E-state index contributed by atoms with van der Waals surface area (Å²) in [6.07, 6.45) is 4.41. The van der Waals surface area contributed by atoms with Crippen molar-refractivity contribution in [2.24, 2.45) is 0 Å². The molecule has 2 aromatic rings. The van der Waals surface area contributed by atoms with Gasteiger partial charge in [-0.25, -0.2) is 4.98 Å². The van der Waals surface area contributed by atoms with Gasteiger partial charge in [0.15, 0.2) is 11.5 Å². The molecule has 5 heteroatoms. The van der Waals surface area contributed by atoms with Crippen LogP contribution in [0, 0.1) is 0 Å². The predicted molar refractivity (Wildman–Crippen MR) is 75.7 cm³/mol. The van der Waals surface area contributed by atoms with Crippen LogP contribution in [0.15, 0.2) is 18.3 Å². The lowest BCUT2D eigenvalue weighted by Crippen LogP contribution is -1.96. The van der Waals surface area contributed by atoms with E-state index in [-0.39, 0.29) is 0 Å². The predicted octanol–water partition coefficient (Wildman–Crippen LogP) is 2.98. The average Bonchev–Trinajstić information content (AvgIpc) is 3.23. The summed E-state index contributed by atoms with van der Waals surface area (Å²) in [4.78, 5) is 7.81. The fraction of sp³-hybridized carbons (Fsp3) is 0.400. The summed E-state index contributed by atoms with van der Waals surface area (Å²) in [6, 6.07) is 3.80. The van der Waals surface area contributed by atoms with Crippen LogP contribution in [0.3, 0.4) is 0 Å². The van der Waals surface area contributed by atoms with Crippen molar-refractivity contribution in [2.45, 2.75) is 18.8 Å². The molecule has 1 N–H and O–H groups in total. The van der Waals surface area contributed by atoms with Gasteiger partial charge >= 0.3 is 0 Å². The highest BCUT2D eigenvalue weighted by molar-refractivity contribution is 5.66. The van der Waals surface area contributed by atoms with Crippen LogP contribution < -0.4 is 14.2 Å². The highest BCUT2D eigenvalue weighted by Crippen LogP contribution is 2.42. The smallest absolute Gasteiger partial charge is 0.203 e. The summed E-state index contributed by atoms with van der Waals surface area (Å²) in [5, 5.41) is 0. The van der Waals surface area contributed by atoms with E-state index < -0.39 is 0 Å². The zero-order chi connectivity index (χ0) is 14.1. The Hall–Kier alpha value is -2.17. The number of rotatable bonds is 5. The molecule has 1 fully saturated rings. The molecule has 0 bridgehead atoms. The molecule has 1 aromatic carbocycles. The maximum absolute atomic E-state index is 5.36. The Morgan fingerprint density at radius 2 is 1.70 bits per heavy atom. The molecular weight excluding hydrogens is 256 g/mol. The zero-order valence-electron chi connectivity index (χ0n) is 11.9. The van der Waals surface area contributed by atoms with E-state index in [1.165, 1.54) is 18.5 Å². The Balaban J connectivity index is 2.03. The maximum Gasteiger partial charge on any atom is 0.203 e. The number of H-pyrrole nitrogens is 1. The number of imidazole rings is 1. The number of benzene rings is 1. The summed E-state index contributed by atoms with van der Waals surface area (Å²) in [6.45, 7) is 0. The van der Waals surface area contributed by atoms with E-state index in [0.29, 0.717) is 23.2 Å². The third-order valence-corrected chi connectivity index (χ3v) is 3.55. The molecule has 0 amide bonds. The van der Waals surface area contributed by atoms with Gasteiger partial charge in [-0.1, -0.05) is 0 Å². The summed E-state index contributed by atoms with van der Waals surface area (Å²) in [5.74, 6) is 3.33. The van der Waals surface area contributed by atoms with Crippen molar-refractivity contribution in [3.8, 4) is 28.6 Å². The lowest BCUT2D eigenvalue weighted by Gasteiger charge is -2.13. The first-order chi connectivity index (χ1) is 9.76. The van der Waals surface area contributed by atoms with Gasteiger partial charge in [0.05, 0.1) is 21.3 Å². The van der Waals surface area contributed by atoms with Crippen LogP contribution >= 0.6 is 0 Å². The summed E-state index contributed by atoms with van der Waals surface area (Å²) in [7, 11) is 4.82. The van der Waals surface area contributed by atoms with Gasteiger partial charge in [0.1, 0.15) is 5.82 Å². The zero-order valence-corrected chi connectivity index (χ0v) is 11.9. The lowest BCUT2D eigenvalue weighted by atomic mass is 10.1. The molecule has 5 nitrogen and oxygen atoms in total. The van der Waals surface area contributed by atoms with E-state index >= 15 is 0 Å². The van der Waals surface area contributed by atoms with Crippen LogP contribution in [0.1, 0.15) is 24.5 Å². The number of ether oxygens (including phenoxy) is 3. The number of hydrogen-bond donors (Lipinski definition) is 1. The normalized spacial score (nSPS) is 14.2. The van der Waals surface area contributed by atoms with E-state index in [0.717, 1.165) is 11.4 Å². The summed E-state index contributed by atoms with van der Waals surface area (Å²) >= 11 is 0. The van der Waals surface area contributed by atoms with Gasteiger partial charge < -0.3 is 19.2 Å². The molecule has 1 aliphatic carbocycles. The standard InChI is InChI=1S/C15H18N2O3/c1-18-12-6-10(7-13(19-2)14(12)20-3)15-16-8-11(17-15)9-4-5-9/h6-9H,4-5H2,1-3H3,(H,16,17). The van der Waals surface area contributed by atoms with Crippen LogP contribution in [0.2, 0.25) is 0 Å². The van der Waals surface area contributed by atoms with Crippen LogP contribution in [0.25, 0.3) is 11.4 Å². The van der Waals surface area contributed by atoms with Crippen molar-refractivity contribution in [3.63, 3.8) is 0 Å². The molecule has 20 heavy (non-hydrogen) atoms. The van der Waals surface area contributed by atoms with Crippen LogP contribution in [0.5, 0.6) is 17.2 Å². The van der Waals surface area contributed by atoms with E-state index in [4.69, 9.17) is 14.2 Å². The molecular formula is C15H18N2O3. The molecule has 3 rings (SSSR count). The number of hydrogen-bond acceptors (Lipinski definition) is 4. The first-order valence-corrected chi connectivity index (χ1v) is 6.62. The minimum atomic E-state index is 0.590. The largest absolute Gasteiger partial charge is 0.493 e. The van der Waals surface area contributed by atoms with Gasteiger partial charge in [-0.15, -0.1) is 0 Å². The van der Waals surface area contributed by atoms with Crippen LogP contribution in [0.4, 0.5) is 0 Å². The van der Waals surface area contributed by atoms with Gasteiger partial charge in [-0.05, 0) is 25.0 Å². The van der Waals surface area contributed by atoms with E-state index in [9.17, 15) is 0 Å². The first-order valence-electron chi connectivity index (χ1n) is 6.62. The van der Waals surface area contributed by atoms with Gasteiger partial charge in [0, 0.05) is 23.4 Å². The summed E-state index contributed by atoms with van der Waals surface area (Å²) in [5.41, 5.74) is 2.13. The van der Waals surface area contributed by atoms with Crippen molar-refractivity contribution in [1.29, 1.82) is 0 Å². The molecule has 0 atom stereocenters. The Bertz CT molecular complexity index is 592. The minimum Gasteiger partial charge on any atom is -0.493 e. The number of aromatic nitrogens is 2. The van der Waals surface area contributed by atoms with Gasteiger partial charge in [0.2, 0.25) is 5.75 Å². The number of aromatic amines is 1. The van der Waals surface area contributed by atoms with Crippen molar-refractivity contribution >= 4 is 0 Å². The quantitative estimate of drug-likeness (QED) is 0.910. The topological polar surface area (TPSA) is 56.4 Å². The second-order valence-electron chi connectivity index (χ2n) is 4.88. The molecule has 0 saturated heterocycles. The Morgan fingerprint density at radius 3 is 2.20 bits per heavy atom. The third kappa shape index (κ3) is 2.19. The van der Waals surface area contributed by atoms with Crippen molar-refractivity contribution in [3.05, 3.63) is 24.0 Å².